The SMILES string of the molecule is C[C@H]1CCC/C(=N\NC(=O)c2ccc[nH]2)C1. The number of amides is 1. The Morgan fingerprint density at radius 3 is 3.19 bits per heavy atom. The third-order valence-corrected chi connectivity index (χ3v) is 2.90. The van der Waals surface area contributed by atoms with Crippen molar-refractivity contribution in [2.24, 2.45) is 11.0 Å². The number of H-pyrrole nitrogens is 1. The van der Waals surface area contributed by atoms with E-state index in [0.29, 0.717) is 11.6 Å². The zero-order valence-electron chi connectivity index (χ0n) is 9.49. The van der Waals surface area contributed by atoms with E-state index in [1.54, 1.807) is 18.3 Å². The Morgan fingerprint density at radius 2 is 2.50 bits per heavy atom. The molecule has 1 fully saturated rings. The fourth-order valence-electron chi connectivity index (χ4n) is 2.02. The van der Waals surface area contributed by atoms with Crippen molar-refractivity contribution in [2.75, 3.05) is 0 Å². The highest BCUT2D eigenvalue weighted by Crippen LogP contribution is 2.20. The molecule has 0 saturated heterocycles. The predicted molar refractivity (Wildman–Crippen MR) is 63.3 cm³/mol. The van der Waals surface area contributed by atoms with Gasteiger partial charge in [-0.2, -0.15) is 5.10 Å². The summed E-state index contributed by atoms with van der Waals surface area (Å²) in [6, 6.07) is 3.53. The molecule has 1 atom stereocenters. The Bertz CT molecular complexity index is 381. The maximum absolute atomic E-state index is 11.6. The second-order valence-corrected chi connectivity index (χ2v) is 4.40. The quantitative estimate of drug-likeness (QED) is 0.737. The molecule has 86 valence electrons. The smallest absolute Gasteiger partial charge is 0.287 e. The number of carbonyl (C=O) groups is 1. The number of aromatic amines is 1. The molecule has 1 aliphatic carbocycles. The number of hydrogen-bond donors (Lipinski definition) is 2. The van der Waals surface area contributed by atoms with Crippen LogP contribution in [0.15, 0.2) is 23.4 Å². The minimum Gasteiger partial charge on any atom is -0.357 e. The Balaban J connectivity index is 1.91. The molecule has 0 aromatic carbocycles. The van der Waals surface area contributed by atoms with Crippen molar-refractivity contribution < 1.29 is 4.79 Å². The van der Waals surface area contributed by atoms with Crippen molar-refractivity contribution in [3.05, 3.63) is 24.0 Å². The van der Waals surface area contributed by atoms with Gasteiger partial charge in [-0.05, 0) is 43.7 Å². The largest absolute Gasteiger partial charge is 0.357 e. The van der Waals surface area contributed by atoms with Crippen LogP contribution in [0, 0.1) is 5.92 Å². The van der Waals surface area contributed by atoms with Crippen molar-refractivity contribution in [1.29, 1.82) is 0 Å². The number of rotatable bonds is 2. The fourth-order valence-corrected chi connectivity index (χ4v) is 2.02. The van der Waals surface area contributed by atoms with Gasteiger partial charge in [0.2, 0.25) is 0 Å². The topological polar surface area (TPSA) is 57.2 Å². The van der Waals surface area contributed by atoms with E-state index >= 15 is 0 Å². The zero-order chi connectivity index (χ0) is 11.4. The van der Waals surface area contributed by atoms with Crippen LogP contribution >= 0.6 is 0 Å². The number of hydrogen-bond acceptors (Lipinski definition) is 2. The summed E-state index contributed by atoms with van der Waals surface area (Å²) in [4.78, 5) is 14.4. The van der Waals surface area contributed by atoms with Crippen LogP contribution in [0.1, 0.15) is 43.1 Å². The number of carbonyl (C=O) groups excluding carboxylic acids is 1. The molecule has 0 unspecified atom stereocenters. The van der Waals surface area contributed by atoms with Gasteiger partial charge in [-0.3, -0.25) is 4.79 Å². The molecular weight excluding hydrogens is 202 g/mol. The van der Waals surface area contributed by atoms with E-state index < -0.39 is 0 Å². The monoisotopic (exact) mass is 219 g/mol. The van der Waals surface area contributed by atoms with Gasteiger partial charge < -0.3 is 4.98 Å². The predicted octanol–water partition coefficient (Wildman–Crippen LogP) is 2.31. The molecule has 2 rings (SSSR count). The van der Waals surface area contributed by atoms with Crippen LogP contribution in [0.5, 0.6) is 0 Å². The van der Waals surface area contributed by atoms with Crippen molar-refractivity contribution in [3.63, 3.8) is 0 Å². The van der Waals surface area contributed by atoms with E-state index in [0.717, 1.165) is 18.6 Å². The van der Waals surface area contributed by atoms with Crippen molar-refractivity contribution in [1.82, 2.24) is 10.4 Å². The lowest BCUT2D eigenvalue weighted by Crippen LogP contribution is -2.22. The number of nitrogens with one attached hydrogen (secondary N) is 2. The molecule has 16 heavy (non-hydrogen) atoms. The summed E-state index contributed by atoms with van der Waals surface area (Å²) in [6.07, 6.45) is 6.19. The van der Waals surface area contributed by atoms with E-state index in [1.807, 2.05) is 0 Å². The molecule has 0 radical (unpaired) electrons. The van der Waals surface area contributed by atoms with Crippen LogP contribution < -0.4 is 5.43 Å². The molecule has 1 aliphatic rings. The summed E-state index contributed by atoms with van der Waals surface area (Å²) in [6.45, 7) is 2.22. The van der Waals surface area contributed by atoms with Gasteiger partial charge in [-0.15, -0.1) is 0 Å². The van der Waals surface area contributed by atoms with Crippen LogP contribution in [0.2, 0.25) is 0 Å². The summed E-state index contributed by atoms with van der Waals surface area (Å²) in [7, 11) is 0. The second-order valence-electron chi connectivity index (χ2n) is 4.40. The first kappa shape index (κ1) is 10.9. The highest BCUT2D eigenvalue weighted by molar-refractivity contribution is 5.94. The maximum Gasteiger partial charge on any atom is 0.287 e. The highest BCUT2D eigenvalue weighted by Gasteiger charge is 2.14. The van der Waals surface area contributed by atoms with Crippen LogP contribution in [0.25, 0.3) is 0 Å². The Labute approximate surface area is 95.1 Å². The molecule has 0 spiro atoms. The molecule has 1 amide bonds. The molecule has 1 heterocycles. The summed E-state index contributed by atoms with van der Waals surface area (Å²) in [5.74, 6) is 0.519. The van der Waals surface area contributed by atoms with Gasteiger partial charge in [0.1, 0.15) is 5.69 Å². The minimum atomic E-state index is -0.171. The van der Waals surface area contributed by atoms with Gasteiger partial charge in [-0.1, -0.05) is 6.92 Å². The van der Waals surface area contributed by atoms with E-state index in [1.165, 1.54) is 12.8 Å². The molecular formula is C12H17N3O. The van der Waals surface area contributed by atoms with Crippen LogP contribution in [-0.4, -0.2) is 16.6 Å². The van der Waals surface area contributed by atoms with Crippen LogP contribution in [-0.2, 0) is 0 Å². The summed E-state index contributed by atoms with van der Waals surface area (Å²) >= 11 is 0. The second kappa shape index (κ2) is 4.96. The molecule has 4 heteroatoms. The van der Waals surface area contributed by atoms with Gasteiger partial charge in [0.25, 0.3) is 5.91 Å². The normalized spacial score (nSPS) is 23.3. The summed E-state index contributed by atoms with van der Waals surface area (Å²) in [5.41, 5.74) is 4.25. The summed E-state index contributed by atoms with van der Waals surface area (Å²) in [5, 5.41) is 4.19. The lowest BCUT2D eigenvalue weighted by atomic mass is 9.89. The lowest BCUT2D eigenvalue weighted by molar-refractivity contribution is 0.0950. The van der Waals surface area contributed by atoms with Gasteiger partial charge in [0.15, 0.2) is 0 Å². The van der Waals surface area contributed by atoms with E-state index in [9.17, 15) is 4.79 Å². The molecule has 0 bridgehead atoms. The number of nitrogens with zero attached hydrogens (tertiary/aromatic N) is 1. The average Bonchev–Trinajstić information content (AvgIpc) is 2.79. The molecule has 2 N–H and O–H groups in total. The van der Waals surface area contributed by atoms with Crippen LogP contribution in [0.3, 0.4) is 0 Å². The van der Waals surface area contributed by atoms with E-state index in [4.69, 9.17) is 0 Å². The minimum absolute atomic E-state index is 0.171. The molecule has 4 nitrogen and oxygen atoms in total. The third-order valence-electron chi connectivity index (χ3n) is 2.90. The Kier molecular flexibility index (Phi) is 3.39. The molecule has 0 aliphatic heterocycles. The van der Waals surface area contributed by atoms with Crippen molar-refractivity contribution >= 4 is 11.6 Å². The average molecular weight is 219 g/mol. The number of hydrazone groups is 1. The molecule has 1 aromatic rings. The first-order valence-corrected chi connectivity index (χ1v) is 5.75. The van der Waals surface area contributed by atoms with E-state index in [-0.39, 0.29) is 5.91 Å². The third kappa shape index (κ3) is 2.72. The van der Waals surface area contributed by atoms with Gasteiger partial charge in [-0.25, -0.2) is 5.43 Å². The lowest BCUT2D eigenvalue weighted by Gasteiger charge is -2.18. The number of aromatic nitrogens is 1. The van der Waals surface area contributed by atoms with Gasteiger partial charge >= 0.3 is 0 Å². The fraction of sp³-hybridized carbons (Fsp3) is 0.500. The van der Waals surface area contributed by atoms with Crippen molar-refractivity contribution in [2.45, 2.75) is 32.6 Å². The van der Waals surface area contributed by atoms with Crippen molar-refractivity contribution in [3.8, 4) is 0 Å². The summed E-state index contributed by atoms with van der Waals surface area (Å²) < 4.78 is 0. The van der Waals surface area contributed by atoms with Crippen LogP contribution in [0.4, 0.5) is 0 Å². The van der Waals surface area contributed by atoms with E-state index in [2.05, 4.69) is 22.4 Å². The molecule has 1 saturated carbocycles. The Hall–Kier alpha value is -1.58. The Morgan fingerprint density at radius 1 is 1.62 bits per heavy atom. The highest BCUT2D eigenvalue weighted by atomic mass is 16.2. The maximum atomic E-state index is 11.6. The first-order chi connectivity index (χ1) is 7.75. The van der Waals surface area contributed by atoms with Gasteiger partial charge in [0, 0.05) is 11.9 Å². The first-order valence-electron chi connectivity index (χ1n) is 5.75. The molecule has 1 aromatic heterocycles. The standard InChI is InChI=1S/C12H17N3O/c1-9-4-2-5-10(8-9)14-15-12(16)11-6-3-7-13-11/h3,6-7,9,13H,2,4-5,8H2,1H3,(H,15,16)/b14-10+/t9-/m0/s1. The van der Waals surface area contributed by atoms with Gasteiger partial charge in [0.05, 0.1) is 0 Å². The zero-order valence-corrected chi connectivity index (χ0v) is 9.49.